The van der Waals surface area contributed by atoms with Crippen LogP contribution in [0.2, 0.25) is 0 Å². The van der Waals surface area contributed by atoms with E-state index in [1.165, 1.54) is 12.2 Å². The molecule has 0 aliphatic heterocycles. The van der Waals surface area contributed by atoms with Gasteiger partial charge in [-0.15, -0.1) is 0 Å². The van der Waals surface area contributed by atoms with E-state index in [1.807, 2.05) is 6.26 Å². The predicted octanol–water partition coefficient (Wildman–Crippen LogP) is -0.245. The largest absolute Gasteiger partial charge is 0.545 e. The topological polar surface area (TPSA) is 66.4 Å². The molecule has 0 heterocycles. The molecule has 0 aromatic rings. The van der Waals surface area contributed by atoms with Crippen molar-refractivity contribution in [3.05, 3.63) is 24.3 Å². The highest BCUT2D eigenvalue weighted by Gasteiger charge is 1.93. The van der Waals surface area contributed by atoms with Gasteiger partial charge < -0.3 is 14.6 Å². The molecule has 0 rings (SSSR count). The number of thioether (sulfide) groups is 1. The Morgan fingerprint density at radius 2 is 2.00 bits per heavy atom. The minimum Gasteiger partial charge on any atom is -0.545 e. The Kier molecular flexibility index (Phi) is 7.64. The normalized spacial score (nSPS) is 10.9. The van der Waals surface area contributed by atoms with E-state index >= 15 is 0 Å². The Morgan fingerprint density at radius 1 is 1.36 bits per heavy atom. The van der Waals surface area contributed by atoms with Gasteiger partial charge in [0.05, 0.1) is 5.97 Å². The highest BCUT2D eigenvalue weighted by molar-refractivity contribution is 7.98. The molecule has 0 saturated heterocycles. The quantitative estimate of drug-likeness (QED) is 0.265. The maximum Gasteiger partial charge on any atom is 0.330 e. The predicted molar refractivity (Wildman–Crippen MR) is 52.6 cm³/mol. The van der Waals surface area contributed by atoms with Crippen molar-refractivity contribution < 1.29 is 19.4 Å². The van der Waals surface area contributed by atoms with Gasteiger partial charge in [-0.1, -0.05) is 12.2 Å². The van der Waals surface area contributed by atoms with Gasteiger partial charge in [-0.2, -0.15) is 11.8 Å². The molecule has 0 unspecified atom stereocenters. The Balaban J connectivity index is 3.66. The molecule has 0 fully saturated rings. The monoisotopic (exact) mass is 215 g/mol. The Hall–Kier alpha value is -1.23. The average molecular weight is 215 g/mol. The van der Waals surface area contributed by atoms with Crippen LogP contribution < -0.4 is 5.11 Å². The van der Waals surface area contributed by atoms with Crippen LogP contribution in [0.1, 0.15) is 0 Å². The molecule has 5 heteroatoms. The second kappa shape index (κ2) is 8.37. The molecule has 0 aromatic carbocycles. The number of carboxylic acid groups (broad SMARTS) is 1. The zero-order valence-corrected chi connectivity index (χ0v) is 8.58. The van der Waals surface area contributed by atoms with Crippen molar-refractivity contribution in [3.8, 4) is 0 Å². The van der Waals surface area contributed by atoms with Gasteiger partial charge >= 0.3 is 5.97 Å². The van der Waals surface area contributed by atoms with Crippen molar-refractivity contribution >= 4 is 23.7 Å². The average Bonchev–Trinajstić information content (AvgIpc) is 2.13. The van der Waals surface area contributed by atoms with Crippen molar-refractivity contribution in [1.29, 1.82) is 0 Å². The molecule has 0 aromatic heterocycles. The summed E-state index contributed by atoms with van der Waals surface area (Å²) in [5, 5.41) is 9.90. The van der Waals surface area contributed by atoms with Crippen LogP contribution in [0, 0.1) is 0 Å². The molecule has 14 heavy (non-hydrogen) atoms. The summed E-state index contributed by atoms with van der Waals surface area (Å²) in [4.78, 5) is 20.8. The maximum absolute atomic E-state index is 10.8. The summed E-state index contributed by atoms with van der Waals surface area (Å²) >= 11 is 1.57. The lowest BCUT2D eigenvalue weighted by Crippen LogP contribution is -2.18. The lowest BCUT2D eigenvalue weighted by atomic mass is 10.4. The van der Waals surface area contributed by atoms with Crippen LogP contribution >= 0.6 is 11.8 Å². The molecule has 0 aliphatic rings. The van der Waals surface area contributed by atoms with Crippen LogP contribution in [0.5, 0.6) is 0 Å². The molecule has 0 aliphatic carbocycles. The molecule has 0 amide bonds. The molecule has 78 valence electrons. The fourth-order valence-corrected chi connectivity index (χ4v) is 0.792. The summed E-state index contributed by atoms with van der Waals surface area (Å²) in [5.41, 5.74) is 0. The number of allylic oxidation sites excluding steroid dienone is 2. The summed E-state index contributed by atoms with van der Waals surface area (Å²) in [5.74, 6) is -1.04. The summed E-state index contributed by atoms with van der Waals surface area (Å²) in [7, 11) is 0. The fraction of sp³-hybridized carbons (Fsp3) is 0.333. The number of esters is 1. The van der Waals surface area contributed by atoms with E-state index < -0.39 is 11.9 Å². The van der Waals surface area contributed by atoms with Crippen molar-refractivity contribution in [3.63, 3.8) is 0 Å². The lowest BCUT2D eigenvalue weighted by molar-refractivity contribution is -0.297. The first-order valence-corrected chi connectivity index (χ1v) is 5.27. The van der Waals surface area contributed by atoms with E-state index in [9.17, 15) is 14.7 Å². The van der Waals surface area contributed by atoms with Crippen LogP contribution in [-0.4, -0.2) is 30.6 Å². The Labute approximate surface area is 86.6 Å². The maximum atomic E-state index is 10.8. The summed E-state index contributed by atoms with van der Waals surface area (Å²) < 4.78 is 4.75. The van der Waals surface area contributed by atoms with Crippen LogP contribution in [-0.2, 0) is 14.3 Å². The van der Waals surface area contributed by atoms with Crippen LogP contribution in [0.4, 0.5) is 0 Å². The number of carbonyl (C=O) groups is 2. The molecule has 0 radical (unpaired) electrons. The number of ether oxygens (including phenoxy) is 1. The van der Waals surface area contributed by atoms with E-state index in [-0.39, 0.29) is 0 Å². The summed E-state index contributed by atoms with van der Waals surface area (Å²) in [6, 6.07) is 0. The molecule has 0 saturated carbocycles. The van der Waals surface area contributed by atoms with Crippen LogP contribution in [0.3, 0.4) is 0 Å². The van der Waals surface area contributed by atoms with Crippen LogP contribution in [0.25, 0.3) is 0 Å². The van der Waals surface area contributed by atoms with Gasteiger partial charge in [0.1, 0.15) is 6.61 Å². The Bertz CT molecular complexity index is 245. The minimum absolute atomic E-state index is 0.356. The first-order valence-electron chi connectivity index (χ1n) is 3.88. The zero-order valence-electron chi connectivity index (χ0n) is 7.76. The molecule has 0 N–H and O–H groups in total. The number of rotatable bonds is 6. The van der Waals surface area contributed by atoms with Gasteiger partial charge in [0, 0.05) is 11.8 Å². The van der Waals surface area contributed by atoms with Crippen molar-refractivity contribution in [2.24, 2.45) is 0 Å². The van der Waals surface area contributed by atoms with Gasteiger partial charge in [0.25, 0.3) is 0 Å². The first-order chi connectivity index (χ1) is 6.66. The third kappa shape index (κ3) is 8.86. The zero-order chi connectivity index (χ0) is 10.8. The molecular weight excluding hydrogens is 204 g/mol. The van der Waals surface area contributed by atoms with Crippen molar-refractivity contribution in [1.82, 2.24) is 0 Å². The number of carboxylic acids is 1. The lowest BCUT2D eigenvalue weighted by Gasteiger charge is -1.97. The third-order valence-electron chi connectivity index (χ3n) is 1.11. The van der Waals surface area contributed by atoms with Crippen molar-refractivity contribution in [2.75, 3.05) is 18.6 Å². The highest BCUT2D eigenvalue weighted by atomic mass is 32.2. The molecule has 0 spiro atoms. The third-order valence-corrected chi connectivity index (χ3v) is 1.68. The van der Waals surface area contributed by atoms with Gasteiger partial charge in [-0.25, -0.2) is 4.79 Å². The fourth-order valence-electron chi connectivity index (χ4n) is 0.542. The minimum atomic E-state index is -1.30. The smallest absolute Gasteiger partial charge is 0.330 e. The second-order valence-electron chi connectivity index (χ2n) is 2.20. The SMILES string of the molecule is CSCCOC(=O)/C=C\C=C\C(=O)[O-]. The van der Waals surface area contributed by atoms with E-state index in [4.69, 9.17) is 4.74 Å². The van der Waals surface area contributed by atoms with Gasteiger partial charge in [-0.05, 0) is 12.3 Å². The Morgan fingerprint density at radius 3 is 2.57 bits per heavy atom. The van der Waals surface area contributed by atoms with Gasteiger partial charge in [0.2, 0.25) is 0 Å². The number of aliphatic carboxylic acids is 1. The van der Waals surface area contributed by atoms with E-state index in [0.29, 0.717) is 6.61 Å². The summed E-state index contributed by atoms with van der Waals surface area (Å²) in [6.07, 6.45) is 6.38. The van der Waals surface area contributed by atoms with Gasteiger partial charge in [-0.3, -0.25) is 0 Å². The molecule has 0 bridgehead atoms. The highest BCUT2D eigenvalue weighted by Crippen LogP contribution is 1.91. The second-order valence-corrected chi connectivity index (χ2v) is 3.18. The number of hydrogen-bond donors (Lipinski definition) is 0. The van der Waals surface area contributed by atoms with Gasteiger partial charge in [0.15, 0.2) is 0 Å². The van der Waals surface area contributed by atoms with E-state index in [0.717, 1.165) is 17.9 Å². The van der Waals surface area contributed by atoms with E-state index in [2.05, 4.69) is 0 Å². The molecule has 0 atom stereocenters. The van der Waals surface area contributed by atoms with E-state index in [1.54, 1.807) is 11.8 Å². The first kappa shape index (κ1) is 12.8. The number of carbonyl (C=O) groups excluding carboxylic acids is 2. The van der Waals surface area contributed by atoms with Crippen molar-refractivity contribution in [2.45, 2.75) is 0 Å². The molecule has 4 nitrogen and oxygen atoms in total. The summed E-state index contributed by atoms with van der Waals surface area (Å²) in [6.45, 7) is 0.356. The molecular formula is C9H11O4S-. The standard InChI is InChI=1S/C9H12O4S/c1-14-7-6-13-9(12)5-3-2-4-8(10)11/h2-5H,6-7H2,1H3,(H,10,11)/p-1/b4-2+,5-3-. The number of hydrogen-bond acceptors (Lipinski definition) is 5. The van der Waals surface area contributed by atoms with Crippen LogP contribution in [0.15, 0.2) is 24.3 Å².